The summed E-state index contributed by atoms with van der Waals surface area (Å²) in [5.74, 6) is -0.0427. The highest BCUT2D eigenvalue weighted by molar-refractivity contribution is 5.97. The molecule has 0 aliphatic carbocycles. The zero-order valence-electron chi connectivity index (χ0n) is 12.8. The lowest BCUT2D eigenvalue weighted by Gasteiger charge is -2.23. The molecule has 0 aromatic heterocycles. The molecule has 110 valence electrons. The Bertz CT molecular complexity index is 491. The summed E-state index contributed by atoms with van der Waals surface area (Å²) in [5.41, 5.74) is 2.53. The molecule has 1 saturated heterocycles. The Kier molecular flexibility index (Phi) is 4.45. The Hall–Kier alpha value is -1.39. The van der Waals surface area contributed by atoms with Crippen LogP contribution in [0.25, 0.3) is 0 Å². The van der Waals surface area contributed by atoms with E-state index in [1.807, 2.05) is 33.2 Å². The van der Waals surface area contributed by atoms with E-state index in [-0.39, 0.29) is 5.91 Å². The van der Waals surface area contributed by atoms with E-state index in [0.717, 1.165) is 30.6 Å². The molecular weight excluding hydrogens is 252 g/mol. The van der Waals surface area contributed by atoms with E-state index < -0.39 is 5.60 Å². The fourth-order valence-electron chi connectivity index (χ4n) is 2.53. The molecule has 0 bridgehead atoms. The smallest absolute Gasteiger partial charge is 0.256 e. The summed E-state index contributed by atoms with van der Waals surface area (Å²) in [7, 11) is 4.05. The van der Waals surface area contributed by atoms with Gasteiger partial charge in [-0.25, -0.2) is 0 Å². The van der Waals surface area contributed by atoms with Crippen molar-refractivity contribution >= 4 is 11.6 Å². The molecule has 1 fully saturated rings. The first-order chi connectivity index (χ1) is 9.40. The van der Waals surface area contributed by atoms with Crippen molar-refractivity contribution in [2.24, 2.45) is 0 Å². The van der Waals surface area contributed by atoms with Gasteiger partial charge in [-0.2, -0.15) is 0 Å². The maximum atomic E-state index is 12.4. The highest BCUT2D eigenvalue weighted by Gasteiger charge is 2.37. The summed E-state index contributed by atoms with van der Waals surface area (Å²) in [6.45, 7) is 5.40. The van der Waals surface area contributed by atoms with Crippen molar-refractivity contribution in [2.45, 2.75) is 38.8 Å². The average Bonchev–Trinajstić information content (AvgIpc) is 2.80. The number of rotatable bonds is 4. The van der Waals surface area contributed by atoms with Crippen LogP contribution in [-0.2, 0) is 16.1 Å². The van der Waals surface area contributed by atoms with Gasteiger partial charge in [0.25, 0.3) is 5.91 Å². The molecule has 4 heteroatoms. The monoisotopic (exact) mass is 276 g/mol. The van der Waals surface area contributed by atoms with E-state index in [9.17, 15) is 4.79 Å². The predicted molar refractivity (Wildman–Crippen MR) is 80.8 cm³/mol. The molecule has 20 heavy (non-hydrogen) atoms. The number of anilines is 1. The zero-order valence-corrected chi connectivity index (χ0v) is 12.8. The minimum atomic E-state index is -0.680. The van der Waals surface area contributed by atoms with Gasteiger partial charge in [-0.15, -0.1) is 0 Å². The molecule has 1 N–H and O–H groups in total. The van der Waals surface area contributed by atoms with Crippen LogP contribution < -0.4 is 5.32 Å². The number of carbonyl (C=O) groups excluding carboxylic acids is 1. The Morgan fingerprint density at radius 3 is 2.80 bits per heavy atom. The molecule has 1 aromatic carbocycles. The molecule has 2 rings (SSSR count). The van der Waals surface area contributed by atoms with Gasteiger partial charge in [-0.05, 0) is 52.4 Å². The van der Waals surface area contributed by atoms with Gasteiger partial charge in [0.1, 0.15) is 5.60 Å². The number of nitrogens with zero attached hydrogens (tertiary/aromatic N) is 1. The molecule has 0 spiro atoms. The van der Waals surface area contributed by atoms with E-state index in [0.29, 0.717) is 6.61 Å². The van der Waals surface area contributed by atoms with Gasteiger partial charge in [0.05, 0.1) is 0 Å². The topological polar surface area (TPSA) is 41.6 Å². The zero-order chi connectivity index (χ0) is 14.8. The third kappa shape index (κ3) is 3.38. The number of aryl methyl sites for hydroxylation is 1. The first kappa shape index (κ1) is 15.0. The van der Waals surface area contributed by atoms with Crippen LogP contribution in [0.1, 0.15) is 30.9 Å². The van der Waals surface area contributed by atoms with Crippen LogP contribution in [0.3, 0.4) is 0 Å². The molecule has 0 saturated carbocycles. The standard InChI is InChI=1S/C16H24N2O2/c1-12-6-7-14(13(10-12)11-18(3)4)17-15(19)16(2)8-5-9-20-16/h6-7,10H,5,8-9,11H2,1-4H3,(H,17,19)/t16-/m0/s1. The second kappa shape index (κ2) is 5.94. The maximum absolute atomic E-state index is 12.4. The number of amides is 1. The van der Waals surface area contributed by atoms with Gasteiger partial charge >= 0.3 is 0 Å². The molecule has 1 aliphatic heterocycles. The fraction of sp³-hybridized carbons (Fsp3) is 0.562. The molecule has 4 nitrogen and oxygen atoms in total. The van der Waals surface area contributed by atoms with E-state index in [1.165, 1.54) is 5.56 Å². The van der Waals surface area contributed by atoms with Crippen molar-refractivity contribution in [1.29, 1.82) is 0 Å². The van der Waals surface area contributed by atoms with Crippen molar-refractivity contribution in [3.05, 3.63) is 29.3 Å². The molecule has 1 atom stereocenters. The lowest BCUT2D eigenvalue weighted by molar-refractivity contribution is -0.133. The molecule has 0 radical (unpaired) electrons. The van der Waals surface area contributed by atoms with Crippen LogP contribution in [0.5, 0.6) is 0 Å². The second-order valence-corrected chi connectivity index (χ2v) is 6.04. The maximum Gasteiger partial charge on any atom is 0.256 e. The molecule has 0 unspecified atom stereocenters. The lowest BCUT2D eigenvalue weighted by atomic mass is 10.0. The Morgan fingerprint density at radius 2 is 2.20 bits per heavy atom. The van der Waals surface area contributed by atoms with Crippen LogP contribution in [0.15, 0.2) is 18.2 Å². The van der Waals surface area contributed by atoms with E-state index in [1.54, 1.807) is 0 Å². The first-order valence-electron chi connectivity index (χ1n) is 7.10. The van der Waals surface area contributed by atoms with Gasteiger partial charge in [0.2, 0.25) is 0 Å². The Balaban J connectivity index is 2.18. The first-order valence-corrected chi connectivity index (χ1v) is 7.10. The third-order valence-corrected chi connectivity index (χ3v) is 3.69. The van der Waals surface area contributed by atoms with Gasteiger partial charge in [0.15, 0.2) is 0 Å². The van der Waals surface area contributed by atoms with E-state index in [2.05, 4.69) is 23.2 Å². The normalized spacial score (nSPS) is 22.2. The van der Waals surface area contributed by atoms with Crippen molar-refractivity contribution in [2.75, 3.05) is 26.0 Å². The van der Waals surface area contributed by atoms with Crippen LogP contribution in [0, 0.1) is 6.92 Å². The molecule has 1 heterocycles. The Labute approximate surface area is 121 Å². The predicted octanol–water partition coefficient (Wildman–Crippen LogP) is 2.56. The molecule has 1 amide bonds. The van der Waals surface area contributed by atoms with Crippen LogP contribution >= 0.6 is 0 Å². The largest absolute Gasteiger partial charge is 0.365 e. The summed E-state index contributed by atoms with van der Waals surface area (Å²) in [6.07, 6.45) is 1.73. The summed E-state index contributed by atoms with van der Waals surface area (Å²) >= 11 is 0. The quantitative estimate of drug-likeness (QED) is 0.919. The molecular formula is C16H24N2O2. The van der Waals surface area contributed by atoms with Crippen LogP contribution in [0.4, 0.5) is 5.69 Å². The number of benzene rings is 1. The Morgan fingerprint density at radius 1 is 1.45 bits per heavy atom. The third-order valence-electron chi connectivity index (χ3n) is 3.69. The van der Waals surface area contributed by atoms with Crippen molar-refractivity contribution in [3.8, 4) is 0 Å². The highest BCUT2D eigenvalue weighted by Crippen LogP contribution is 2.28. The minimum Gasteiger partial charge on any atom is -0.365 e. The van der Waals surface area contributed by atoms with Crippen LogP contribution in [-0.4, -0.2) is 37.1 Å². The molecule has 1 aromatic rings. The summed E-state index contributed by atoms with van der Waals surface area (Å²) in [4.78, 5) is 14.5. The van der Waals surface area contributed by atoms with Gasteiger partial charge in [-0.3, -0.25) is 4.79 Å². The fourth-order valence-corrected chi connectivity index (χ4v) is 2.53. The number of hydrogen-bond acceptors (Lipinski definition) is 3. The average molecular weight is 276 g/mol. The van der Waals surface area contributed by atoms with Gasteiger partial charge < -0.3 is 15.0 Å². The van der Waals surface area contributed by atoms with Crippen LogP contribution in [0.2, 0.25) is 0 Å². The summed E-state index contributed by atoms with van der Waals surface area (Å²) < 4.78 is 5.60. The van der Waals surface area contributed by atoms with Crippen molar-refractivity contribution < 1.29 is 9.53 Å². The van der Waals surface area contributed by atoms with Gasteiger partial charge in [-0.1, -0.05) is 17.7 Å². The number of ether oxygens (including phenoxy) is 1. The highest BCUT2D eigenvalue weighted by atomic mass is 16.5. The van der Waals surface area contributed by atoms with E-state index in [4.69, 9.17) is 4.74 Å². The van der Waals surface area contributed by atoms with E-state index >= 15 is 0 Å². The SMILES string of the molecule is Cc1ccc(NC(=O)[C@]2(C)CCCO2)c(CN(C)C)c1. The second-order valence-electron chi connectivity index (χ2n) is 6.04. The number of carbonyl (C=O) groups is 1. The summed E-state index contributed by atoms with van der Waals surface area (Å²) in [5, 5.41) is 3.03. The number of nitrogens with one attached hydrogen (secondary N) is 1. The van der Waals surface area contributed by atoms with Gasteiger partial charge in [0, 0.05) is 18.8 Å². The van der Waals surface area contributed by atoms with Crippen molar-refractivity contribution in [1.82, 2.24) is 4.90 Å². The lowest BCUT2D eigenvalue weighted by Crippen LogP contribution is -2.39. The van der Waals surface area contributed by atoms with Crippen molar-refractivity contribution in [3.63, 3.8) is 0 Å². The number of hydrogen-bond donors (Lipinski definition) is 1. The minimum absolute atomic E-state index is 0.0427. The molecule has 1 aliphatic rings. The summed E-state index contributed by atoms with van der Waals surface area (Å²) in [6, 6.07) is 6.12.